The molecule has 1 aliphatic heterocycles. The zero-order chi connectivity index (χ0) is 11.2. The monoisotopic (exact) mass is 283 g/mol. The molecule has 1 aromatic carbocycles. The number of halogens is 1. The van der Waals surface area contributed by atoms with Gasteiger partial charge in [0, 0.05) is 0 Å². The van der Waals surface area contributed by atoms with Gasteiger partial charge in [-0.05, 0) is 66.3 Å². The predicted octanol–water partition coefficient (Wildman–Crippen LogP) is 3.22. The van der Waals surface area contributed by atoms with Crippen LogP contribution >= 0.6 is 15.9 Å². The van der Waals surface area contributed by atoms with E-state index in [9.17, 15) is 0 Å². The average molecular weight is 284 g/mol. The molecule has 3 heteroatoms. The maximum Gasteiger partial charge on any atom is 0.133 e. The molecule has 2 nitrogen and oxygen atoms in total. The average Bonchev–Trinajstić information content (AvgIpc) is 2.56. The Morgan fingerprint density at radius 1 is 1.25 bits per heavy atom. The van der Waals surface area contributed by atoms with Crippen molar-refractivity contribution in [1.29, 1.82) is 0 Å². The molecule has 0 bridgehead atoms. The standard InChI is InChI=1S/C13H18BrNO/c14-12-5-1-2-6-13(12)16-10-11-4-3-8-15-9-7-11/h1-2,5-6,11,15H,3-4,7-10H2. The van der Waals surface area contributed by atoms with Crippen LogP contribution in [0.4, 0.5) is 0 Å². The Hall–Kier alpha value is -0.540. The Morgan fingerprint density at radius 3 is 3.00 bits per heavy atom. The predicted molar refractivity (Wildman–Crippen MR) is 69.8 cm³/mol. The van der Waals surface area contributed by atoms with Crippen LogP contribution in [-0.2, 0) is 0 Å². The Bertz CT molecular complexity index is 321. The molecule has 1 saturated heterocycles. The molecule has 1 aromatic rings. The maximum absolute atomic E-state index is 5.86. The van der Waals surface area contributed by atoms with Gasteiger partial charge in [-0.3, -0.25) is 0 Å². The number of ether oxygens (including phenoxy) is 1. The van der Waals surface area contributed by atoms with Crippen molar-refractivity contribution in [3.05, 3.63) is 28.7 Å². The van der Waals surface area contributed by atoms with Gasteiger partial charge in [-0.2, -0.15) is 0 Å². The number of benzene rings is 1. The molecule has 1 N–H and O–H groups in total. The number of hydrogen-bond acceptors (Lipinski definition) is 2. The van der Waals surface area contributed by atoms with E-state index in [0.717, 1.165) is 29.9 Å². The lowest BCUT2D eigenvalue weighted by atomic mass is 10.0. The van der Waals surface area contributed by atoms with Crippen LogP contribution in [-0.4, -0.2) is 19.7 Å². The smallest absolute Gasteiger partial charge is 0.133 e. The fraction of sp³-hybridized carbons (Fsp3) is 0.538. The summed E-state index contributed by atoms with van der Waals surface area (Å²) in [6.45, 7) is 3.12. The molecule has 1 fully saturated rings. The van der Waals surface area contributed by atoms with Crippen LogP contribution in [0.2, 0.25) is 0 Å². The second-order valence-electron chi connectivity index (χ2n) is 4.29. The van der Waals surface area contributed by atoms with E-state index >= 15 is 0 Å². The van der Waals surface area contributed by atoms with E-state index in [-0.39, 0.29) is 0 Å². The number of hydrogen-bond donors (Lipinski definition) is 1. The fourth-order valence-corrected chi connectivity index (χ4v) is 2.43. The minimum Gasteiger partial charge on any atom is -0.492 e. The van der Waals surface area contributed by atoms with E-state index in [2.05, 4.69) is 21.2 Å². The van der Waals surface area contributed by atoms with Crippen LogP contribution in [0.1, 0.15) is 19.3 Å². The van der Waals surface area contributed by atoms with Gasteiger partial charge in [0.05, 0.1) is 11.1 Å². The zero-order valence-electron chi connectivity index (χ0n) is 9.42. The van der Waals surface area contributed by atoms with Crippen molar-refractivity contribution in [2.45, 2.75) is 19.3 Å². The molecular formula is C13H18BrNO. The van der Waals surface area contributed by atoms with Gasteiger partial charge >= 0.3 is 0 Å². The van der Waals surface area contributed by atoms with Crippen molar-refractivity contribution in [1.82, 2.24) is 5.32 Å². The summed E-state index contributed by atoms with van der Waals surface area (Å²) < 4.78 is 6.90. The second kappa shape index (κ2) is 6.26. The molecule has 1 heterocycles. The van der Waals surface area contributed by atoms with Gasteiger partial charge in [0.2, 0.25) is 0 Å². The van der Waals surface area contributed by atoms with Crippen LogP contribution in [0.25, 0.3) is 0 Å². The quantitative estimate of drug-likeness (QED) is 0.920. The minimum absolute atomic E-state index is 0.696. The van der Waals surface area contributed by atoms with E-state index in [4.69, 9.17) is 4.74 Å². The third kappa shape index (κ3) is 3.49. The van der Waals surface area contributed by atoms with Crippen LogP contribution in [0.3, 0.4) is 0 Å². The van der Waals surface area contributed by atoms with Gasteiger partial charge in [0.1, 0.15) is 5.75 Å². The van der Waals surface area contributed by atoms with Crippen molar-refractivity contribution >= 4 is 15.9 Å². The first-order chi connectivity index (χ1) is 7.86. The van der Waals surface area contributed by atoms with Crippen molar-refractivity contribution in [2.75, 3.05) is 19.7 Å². The number of nitrogens with one attached hydrogen (secondary N) is 1. The van der Waals surface area contributed by atoms with E-state index < -0.39 is 0 Å². The van der Waals surface area contributed by atoms with Crippen molar-refractivity contribution in [2.24, 2.45) is 5.92 Å². The van der Waals surface area contributed by atoms with Gasteiger partial charge in [-0.25, -0.2) is 0 Å². The summed E-state index contributed by atoms with van der Waals surface area (Å²) in [7, 11) is 0. The van der Waals surface area contributed by atoms with Crippen molar-refractivity contribution in [3.8, 4) is 5.75 Å². The molecule has 1 aliphatic rings. The summed E-state index contributed by atoms with van der Waals surface area (Å²) in [5.41, 5.74) is 0. The van der Waals surface area contributed by atoms with Crippen LogP contribution < -0.4 is 10.1 Å². The SMILES string of the molecule is Brc1ccccc1OCC1CCCNCC1. The third-order valence-electron chi connectivity index (χ3n) is 3.01. The fourth-order valence-electron chi connectivity index (χ4n) is 2.03. The second-order valence-corrected chi connectivity index (χ2v) is 5.14. The lowest BCUT2D eigenvalue weighted by Crippen LogP contribution is -2.16. The van der Waals surface area contributed by atoms with E-state index in [1.165, 1.54) is 19.3 Å². The van der Waals surface area contributed by atoms with Crippen molar-refractivity contribution in [3.63, 3.8) is 0 Å². The summed E-state index contributed by atoms with van der Waals surface area (Å²) in [5.74, 6) is 1.65. The van der Waals surface area contributed by atoms with Crippen LogP contribution in [0.5, 0.6) is 5.75 Å². The topological polar surface area (TPSA) is 21.3 Å². The third-order valence-corrected chi connectivity index (χ3v) is 3.66. The van der Waals surface area contributed by atoms with E-state index in [1.807, 2.05) is 24.3 Å². The molecular weight excluding hydrogens is 266 g/mol. The molecule has 0 aromatic heterocycles. The van der Waals surface area contributed by atoms with Gasteiger partial charge in [-0.15, -0.1) is 0 Å². The van der Waals surface area contributed by atoms with Gasteiger partial charge < -0.3 is 10.1 Å². The van der Waals surface area contributed by atoms with Gasteiger partial charge in [-0.1, -0.05) is 12.1 Å². The molecule has 0 spiro atoms. The van der Waals surface area contributed by atoms with Gasteiger partial charge in [0.15, 0.2) is 0 Å². The van der Waals surface area contributed by atoms with Gasteiger partial charge in [0.25, 0.3) is 0 Å². The lowest BCUT2D eigenvalue weighted by Gasteiger charge is -2.15. The Morgan fingerprint density at radius 2 is 2.12 bits per heavy atom. The van der Waals surface area contributed by atoms with Crippen LogP contribution in [0, 0.1) is 5.92 Å². The molecule has 0 amide bonds. The zero-order valence-corrected chi connectivity index (χ0v) is 11.0. The summed E-state index contributed by atoms with van der Waals surface area (Å²) in [5, 5.41) is 3.42. The Balaban J connectivity index is 1.84. The molecule has 88 valence electrons. The highest BCUT2D eigenvalue weighted by Gasteiger charge is 2.12. The normalized spacial score (nSPS) is 21.4. The number of para-hydroxylation sites is 1. The van der Waals surface area contributed by atoms with E-state index in [1.54, 1.807) is 0 Å². The highest BCUT2D eigenvalue weighted by molar-refractivity contribution is 9.10. The Kier molecular flexibility index (Phi) is 4.67. The first-order valence-electron chi connectivity index (χ1n) is 5.94. The minimum atomic E-state index is 0.696. The summed E-state index contributed by atoms with van der Waals surface area (Å²) in [6, 6.07) is 8.05. The first-order valence-corrected chi connectivity index (χ1v) is 6.73. The highest BCUT2D eigenvalue weighted by atomic mass is 79.9. The lowest BCUT2D eigenvalue weighted by molar-refractivity contribution is 0.235. The maximum atomic E-state index is 5.86. The molecule has 0 saturated carbocycles. The largest absolute Gasteiger partial charge is 0.492 e. The van der Waals surface area contributed by atoms with Crippen molar-refractivity contribution < 1.29 is 4.74 Å². The molecule has 1 atom stereocenters. The van der Waals surface area contributed by atoms with E-state index in [0.29, 0.717) is 5.92 Å². The summed E-state index contributed by atoms with van der Waals surface area (Å²) >= 11 is 3.50. The molecule has 2 rings (SSSR count). The summed E-state index contributed by atoms with van der Waals surface area (Å²) in [4.78, 5) is 0. The molecule has 0 radical (unpaired) electrons. The molecule has 1 unspecified atom stereocenters. The Labute approximate surface area is 106 Å². The first kappa shape index (κ1) is 11.9. The molecule has 0 aliphatic carbocycles. The van der Waals surface area contributed by atoms with Crippen LogP contribution in [0.15, 0.2) is 28.7 Å². The number of rotatable bonds is 3. The highest BCUT2D eigenvalue weighted by Crippen LogP contribution is 2.25. The summed E-state index contributed by atoms with van der Waals surface area (Å²) in [6.07, 6.45) is 3.77. The molecule has 16 heavy (non-hydrogen) atoms.